The molecule has 2 unspecified atom stereocenters. The summed E-state index contributed by atoms with van der Waals surface area (Å²) in [7, 11) is 1.79. The van der Waals surface area contributed by atoms with Gasteiger partial charge in [0.1, 0.15) is 0 Å². The summed E-state index contributed by atoms with van der Waals surface area (Å²) in [5, 5.41) is 6.52. The summed E-state index contributed by atoms with van der Waals surface area (Å²) in [6, 6.07) is 0.198. The predicted molar refractivity (Wildman–Crippen MR) is 68.1 cm³/mol. The van der Waals surface area contributed by atoms with Crippen LogP contribution in [0.15, 0.2) is 0 Å². The smallest absolute Gasteiger partial charge is 0.241 e. The van der Waals surface area contributed by atoms with Gasteiger partial charge in [0.25, 0.3) is 0 Å². The lowest BCUT2D eigenvalue weighted by Crippen LogP contribution is -2.60. The van der Waals surface area contributed by atoms with Crippen LogP contribution in [0.1, 0.15) is 13.3 Å². The first kappa shape index (κ1) is 13.3. The average molecular weight is 254 g/mol. The summed E-state index contributed by atoms with van der Waals surface area (Å²) in [6.45, 7) is 5.12. The van der Waals surface area contributed by atoms with E-state index in [9.17, 15) is 9.59 Å². The minimum atomic E-state index is -0.197. The summed E-state index contributed by atoms with van der Waals surface area (Å²) < 4.78 is 0. The summed E-state index contributed by atoms with van der Waals surface area (Å²) in [5.74, 6) is 0.0658. The lowest BCUT2D eigenvalue weighted by Gasteiger charge is -2.31. The van der Waals surface area contributed by atoms with E-state index in [1.165, 1.54) is 0 Å². The molecule has 0 aliphatic carbocycles. The molecule has 0 aromatic carbocycles. The van der Waals surface area contributed by atoms with Crippen molar-refractivity contribution in [1.29, 1.82) is 0 Å². The van der Waals surface area contributed by atoms with E-state index in [-0.39, 0.29) is 24.4 Å². The highest BCUT2D eigenvalue weighted by molar-refractivity contribution is 5.88. The molecule has 0 aromatic rings. The van der Waals surface area contributed by atoms with Gasteiger partial charge < -0.3 is 20.4 Å². The second-order valence-electron chi connectivity index (χ2n) is 5.20. The third kappa shape index (κ3) is 3.00. The van der Waals surface area contributed by atoms with E-state index in [4.69, 9.17) is 0 Å². The summed E-state index contributed by atoms with van der Waals surface area (Å²) in [5.41, 5.74) is 0. The molecule has 2 rings (SSSR count). The number of likely N-dealkylation sites (N-methyl/N-ethyl adjacent to an activating group) is 1. The Morgan fingerprint density at radius 1 is 1.28 bits per heavy atom. The molecule has 0 radical (unpaired) electrons. The van der Waals surface area contributed by atoms with Crippen LogP contribution < -0.4 is 10.6 Å². The zero-order chi connectivity index (χ0) is 13.1. The molecule has 2 aliphatic heterocycles. The van der Waals surface area contributed by atoms with Gasteiger partial charge in [0.15, 0.2) is 0 Å². The van der Waals surface area contributed by atoms with Crippen molar-refractivity contribution in [2.45, 2.75) is 25.4 Å². The maximum absolute atomic E-state index is 12.3. The Balaban J connectivity index is 1.93. The van der Waals surface area contributed by atoms with Crippen LogP contribution in [0.4, 0.5) is 0 Å². The van der Waals surface area contributed by atoms with Gasteiger partial charge in [-0.15, -0.1) is 0 Å². The predicted octanol–water partition coefficient (Wildman–Crippen LogP) is -1.37. The molecular formula is C12H22N4O2. The van der Waals surface area contributed by atoms with Crippen LogP contribution in [-0.2, 0) is 9.59 Å². The first-order valence-corrected chi connectivity index (χ1v) is 6.57. The SMILES string of the molecule is CC1CNC(C(=O)N2CCCN(C)C(=O)C2)CN1. The summed E-state index contributed by atoms with van der Waals surface area (Å²) >= 11 is 0. The number of amides is 2. The van der Waals surface area contributed by atoms with Crippen molar-refractivity contribution in [2.75, 3.05) is 39.8 Å². The second-order valence-corrected chi connectivity index (χ2v) is 5.20. The highest BCUT2D eigenvalue weighted by atomic mass is 16.2. The van der Waals surface area contributed by atoms with Crippen molar-refractivity contribution in [2.24, 2.45) is 0 Å². The lowest BCUT2D eigenvalue weighted by molar-refractivity contribution is -0.139. The van der Waals surface area contributed by atoms with E-state index >= 15 is 0 Å². The van der Waals surface area contributed by atoms with Crippen molar-refractivity contribution in [1.82, 2.24) is 20.4 Å². The van der Waals surface area contributed by atoms with Crippen molar-refractivity contribution < 1.29 is 9.59 Å². The third-order valence-corrected chi connectivity index (χ3v) is 3.62. The highest BCUT2D eigenvalue weighted by Crippen LogP contribution is 2.06. The van der Waals surface area contributed by atoms with E-state index < -0.39 is 0 Å². The van der Waals surface area contributed by atoms with Crippen molar-refractivity contribution in [3.8, 4) is 0 Å². The molecule has 2 amide bonds. The van der Waals surface area contributed by atoms with Crippen LogP contribution in [-0.4, -0.2) is 73.5 Å². The molecular weight excluding hydrogens is 232 g/mol. The number of carbonyl (C=O) groups excluding carboxylic acids is 2. The molecule has 2 atom stereocenters. The fourth-order valence-electron chi connectivity index (χ4n) is 2.35. The molecule has 0 saturated carbocycles. The molecule has 6 nitrogen and oxygen atoms in total. The standard InChI is InChI=1S/C12H22N4O2/c1-9-6-14-10(7-13-9)12(18)16-5-3-4-15(2)11(17)8-16/h9-10,13-14H,3-8H2,1-2H3. The Labute approximate surface area is 108 Å². The van der Waals surface area contributed by atoms with Gasteiger partial charge in [-0.25, -0.2) is 0 Å². The zero-order valence-corrected chi connectivity index (χ0v) is 11.1. The minimum Gasteiger partial charge on any atom is -0.344 e. The Morgan fingerprint density at radius 3 is 2.72 bits per heavy atom. The maximum Gasteiger partial charge on any atom is 0.241 e. The summed E-state index contributed by atoms with van der Waals surface area (Å²) in [4.78, 5) is 27.5. The first-order valence-electron chi connectivity index (χ1n) is 6.57. The molecule has 2 saturated heterocycles. The molecule has 2 N–H and O–H groups in total. The van der Waals surface area contributed by atoms with E-state index in [0.29, 0.717) is 19.1 Å². The number of nitrogens with zero attached hydrogens (tertiary/aromatic N) is 2. The molecule has 2 fully saturated rings. The number of carbonyl (C=O) groups is 2. The fourth-order valence-corrected chi connectivity index (χ4v) is 2.35. The van der Waals surface area contributed by atoms with Gasteiger partial charge in [0, 0.05) is 39.3 Å². The van der Waals surface area contributed by atoms with Crippen LogP contribution in [0.5, 0.6) is 0 Å². The molecule has 0 bridgehead atoms. The van der Waals surface area contributed by atoms with E-state index in [0.717, 1.165) is 19.5 Å². The van der Waals surface area contributed by atoms with Crippen LogP contribution in [0.2, 0.25) is 0 Å². The quantitative estimate of drug-likeness (QED) is 0.606. The average Bonchev–Trinajstić information content (AvgIpc) is 2.52. The number of nitrogens with one attached hydrogen (secondary N) is 2. The first-order chi connectivity index (χ1) is 8.58. The number of rotatable bonds is 1. The van der Waals surface area contributed by atoms with Crippen molar-refractivity contribution >= 4 is 11.8 Å². The van der Waals surface area contributed by atoms with E-state index in [1.807, 2.05) is 0 Å². The third-order valence-electron chi connectivity index (χ3n) is 3.62. The van der Waals surface area contributed by atoms with Crippen molar-refractivity contribution in [3.63, 3.8) is 0 Å². The van der Waals surface area contributed by atoms with Gasteiger partial charge in [-0.3, -0.25) is 9.59 Å². The van der Waals surface area contributed by atoms with Gasteiger partial charge in [0.2, 0.25) is 11.8 Å². The second kappa shape index (κ2) is 5.67. The number of hydrogen-bond acceptors (Lipinski definition) is 4. The highest BCUT2D eigenvalue weighted by Gasteiger charge is 2.30. The van der Waals surface area contributed by atoms with Crippen LogP contribution >= 0.6 is 0 Å². The summed E-state index contributed by atoms with van der Waals surface area (Å²) in [6.07, 6.45) is 0.852. The van der Waals surface area contributed by atoms with Crippen molar-refractivity contribution in [3.05, 3.63) is 0 Å². The van der Waals surface area contributed by atoms with Crippen LogP contribution in [0.25, 0.3) is 0 Å². The largest absolute Gasteiger partial charge is 0.344 e. The topological polar surface area (TPSA) is 64.7 Å². The van der Waals surface area contributed by atoms with Crippen LogP contribution in [0.3, 0.4) is 0 Å². The monoisotopic (exact) mass is 254 g/mol. The molecule has 18 heavy (non-hydrogen) atoms. The maximum atomic E-state index is 12.3. The lowest BCUT2D eigenvalue weighted by atomic mass is 10.1. The van der Waals surface area contributed by atoms with E-state index in [1.54, 1.807) is 16.8 Å². The van der Waals surface area contributed by atoms with Gasteiger partial charge in [0.05, 0.1) is 12.6 Å². The molecule has 0 spiro atoms. The fraction of sp³-hybridized carbons (Fsp3) is 0.833. The Bertz CT molecular complexity index is 326. The Kier molecular flexibility index (Phi) is 4.19. The molecule has 102 valence electrons. The molecule has 2 aliphatic rings. The van der Waals surface area contributed by atoms with Gasteiger partial charge in [-0.2, -0.15) is 0 Å². The number of piperazine rings is 1. The normalized spacial score (nSPS) is 30.2. The van der Waals surface area contributed by atoms with Gasteiger partial charge in [-0.1, -0.05) is 0 Å². The zero-order valence-electron chi connectivity index (χ0n) is 11.1. The molecule has 0 aromatic heterocycles. The Hall–Kier alpha value is -1.14. The van der Waals surface area contributed by atoms with E-state index in [2.05, 4.69) is 17.6 Å². The number of hydrogen-bond donors (Lipinski definition) is 2. The molecule has 2 heterocycles. The molecule has 6 heteroatoms. The van der Waals surface area contributed by atoms with Gasteiger partial charge >= 0.3 is 0 Å². The van der Waals surface area contributed by atoms with Crippen LogP contribution in [0, 0.1) is 0 Å². The Morgan fingerprint density at radius 2 is 2.06 bits per heavy atom. The minimum absolute atomic E-state index is 0.0259. The van der Waals surface area contributed by atoms with Gasteiger partial charge in [-0.05, 0) is 13.3 Å².